The van der Waals surface area contributed by atoms with Crippen molar-refractivity contribution in [2.24, 2.45) is 0 Å². The summed E-state index contributed by atoms with van der Waals surface area (Å²) in [5.41, 5.74) is -0.465. The molecule has 0 amide bonds. The Kier molecular flexibility index (Phi) is 6.83. The van der Waals surface area contributed by atoms with E-state index in [0.717, 1.165) is 0 Å². The summed E-state index contributed by atoms with van der Waals surface area (Å²) in [4.78, 5) is 0. The standard InChI is InChI=1S/CH5BINOPS/c1-7-2-6(3)4-5/h4-5H,1H3. The lowest BCUT2D eigenvalue weighted by atomic mass is 10.7. The molecule has 0 aromatic heterocycles. The summed E-state index contributed by atoms with van der Waals surface area (Å²) in [6, 6.07) is 0. The minimum Gasteiger partial charge on any atom is -0.313 e. The van der Waals surface area contributed by atoms with Gasteiger partial charge in [-0.15, -0.1) is 0 Å². The molecule has 2 nitrogen and oxygen atoms in total. The molecular weight excluding hydrogens is 243 g/mol. The second-order valence-corrected chi connectivity index (χ2v) is 6.01. The molecule has 1 atom stereocenters. The predicted molar refractivity (Wildman–Crippen MR) is 45.1 cm³/mol. The molecule has 0 saturated heterocycles. The highest BCUT2D eigenvalue weighted by Crippen LogP contribution is 2.39. The van der Waals surface area contributed by atoms with Gasteiger partial charge in [0.25, 0.3) is 6.28 Å². The van der Waals surface area contributed by atoms with Gasteiger partial charge in [0.15, 0.2) is 0 Å². The fourth-order valence-electron chi connectivity index (χ4n) is 0.116. The first kappa shape index (κ1) is 8.49. The van der Waals surface area contributed by atoms with Gasteiger partial charge in [0.1, 0.15) is 0 Å². The normalized spacial score (nSPS) is 13.6. The van der Waals surface area contributed by atoms with Gasteiger partial charge in [0, 0.05) is 5.59 Å². The molecule has 0 rings (SSSR count). The highest BCUT2D eigenvalue weighted by atomic mass is 127. The van der Waals surface area contributed by atoms with Crippen molar-refractivity contribution < 1.29 is 5.21 Å². The molecule has 2 N–H and O–H groups in total. The SMILES string of the molecule is CS[B]P(I)NO. The molecule has 0 saturated carbocycles. The third-order valence-electron chi connectivity index (χ3n) is 0.293. The van der Waals surface area contributed by atoms with E-state index in [-0.39, 0.29) is 0 Å². The van der Waals surface area contributed by atoms with Crippen LogP contribution in [0.3, 0.4) is 0 Å². The molecule has 0 aliphatic carbocycles. The Morgan fingerprint density at radius 2 is 2.57 bits per heavy atom. The minimum absolute atomic E-state index is 0.465. The Morgan fingerprint density at radius 3 is 2.71 bits per heavy atom. The Balaban J connectivity index is 2.83. The zero-order chi connectivity index (χ0) is 5.70. The van der Waals surface area contributed by atoms with Crippen molar-refractivity contribution >= 4 is 45.5 Å². The van der Waals surface area contributed by atoms with Crippen molar-refractivity contribution in [3.63, 3.8) is 0 Å². The van der Waals surface area contributed by atoms with E-state index in [0.29, 0.717) is 0 Å². The summed E-state index contributed by atoms with van der Waals surface area (Å²) in [5, 5.41) is 10.3. The van der Waals surface area contributed by atoms with Crippen molar-refractivity contribution in [1.29, 1.82) is 0 Å². The van der Waals surface area contributed by atoms with E-state index in [1.54, 1.807) is 11.6 Å². The van der Waals surface area contributed by atoms with E-state index in [4.69, 9.17) is 5.21 Å². The zero-order valence-electron chi connectivity index (χ0n) is 3.76. The first-order valence-electron chi connectivity index (χ1n) is 1.52. The van der Waals surface area contributed by atoms with Crippen molar-refractivity contribution in [1.82, 2.24) is 5.25 Å². The van der Waals surface area contributed by atoms with Crippen molar-refractivity contribution in [2.75, 3.05) is 6.26 Å². The van der Waals surface area contributed by atoms with Gasteiger partial charge in [0.2, 0.25) is 0 Å². The van der Waals surface area contributed by atoms with Crippen LogP contribution in [0.2, 0.25) is 0 Å². The molecule has 0 fully saturated rings. The molecule has 0 heterocycles. The van der Waals surface area contributed by atoms with Gasteiger partial charge < -0.3 is 5.21 Å². The van der Waals surface area contributed by atoms with Crippen LogP contribution in [-0.4, -0.2) is 17.7 Å². The van der Waals surface area contributed by atoms with Crippen LogP contribution in [0.4, 0.5) is 0 Å². The van der Waals surface area contributed by atoms with E-state index in [1.165, 1.54) is 0 Å². The third kappa shape index (κ3) is 5.36. The van der Waals surface area contributed by atoms with Crippen LogP contribution >= 0.6 is 39.2 Å². The Morgan fingerprint density at radius 1 is 2.00 bits per heavy atom. The minimum atomic E-state index is -0.465. The average molecular weight is 248 g/mol. The summed E-state index contributed by atoms with van der Waals surface area (Å²) in [6.45, 7) is 0. The predicted octanol–water partition coefficient (Wildman–Crippen LogP) is 1.61. The van der Waals surface area contributed by atoms with Gasteiger partial charge >= 0.3 is 0 Å². The van der Waals surface area contributed by atoms with Crippen molar-refractivity contribution in [3.05, 3.63) is 0 Å². The molecule has 7 heavy (non-hydrogen) atoms. The highest BCUT2D eigenvalue weighted by Gasteiger charge is 1.98. The van der Waals surface area contributed by atoms with Gasteiger partial charge in [-0.3, -0.25) is 0 Å². The first-order valence-corrected chi connectivity index (χ1v) is 7.00. The largest absolute Gasteiger partial charge is 0.313 e. The van der Waals surface area contributed by atoms with E-state index in [2.05, 4.69) is 27.3 Å². The Hall–Kier alpha value is 1.49. The summed E-state index contributed by atoms with van der Waals surface area (Å²) in [6.07, 6.45) is 3.92. The molecular formula is CH5BINOPS. The number of hydrogen-bond donors (Lipinski definition) is 2. The van der Waals surface area contributed by atoms with E-state index in [1.807, 2.05) is 12.5 Å². The summed E-state index contributed by atoms with van der Waals surface area (Å²) in [5.74, 6) is 0. The van der Waals surface area contributed by atoms with Crippen LogP contribution in [0.1, 0.15) is 0 Å². The number of halogens is 1. The third-order valence-corrected chi connectivity index (χ3v) is 4.76. The Bertz CT molecular complexity index is 50.7. The molecule has 0 aliphatic rings. The van der Waals surface area contributed by atoms with Crippen LogP contribution in [0, 0.1) is 0 Å². The van der Waals surface area contributed by atoms with E-state index in [9.17, 15) is 0 Å². The lowest BCUT2D eigenvalue weighted by Crippen LogP contribution is -1.96. The van der Waals surface area contributed by atoms with Crippen molar-refractivity contribution in [3.8, 4) is 0 Å². The van der Waals surface area contributed by atoms with Crippen LogP contribution in [0.25, 0.3) is 0 Å². The van der Waals surface area contributed by atoms with Crippen LogP contribution in [0.5, 0.6) is 0 Å². The fourth-order valence-corrected chi connectivity index (χ4v) is 3.09. The number of hydrogen-bond acceptors (Lipinski definition) is 3. The van der Waals surface area contributed by atoms with Gasteiger partial charge in [0.05, 0.1) is 0 Å². The molecule has 0 aromatic carbocycles. The molecule has 0 aliphatic heterocycles. The molecule has 1 radical (unpaired) electrons. The summed E-state index contributed by atoms with van der Waals surface area (Å²) >= 11 is 3.74. The lowest BCUT2D eigenvalue weighted by molar-refractivity contribution is 0.256. The molecule has 1 unspecified atom stereocenters. The van der Waals surface area contributed by atoms with Gasteiger partial charge in [-0.2, -0.15) is 5.25 Å². The Labute approximate surface area is 62.2 Å². The van der Waals surface area contributed by atoms with Crippen molar-refractivity contribution in [2.45, 2.75) is 0 Å². The topological polar surface area (TPSA) is 32.3 Å². The molecule has 0 spiro atoms. The molecule has 0 aromatic rings. The summed E-state index contributed by atoms with van der Waals surface area (Å²) < 4.78 is 0. The zero-order valence-corrected chi connectivity index (χ0v) is 7.63. The summed E-state index contributed by atoms with van der Waals surface area (Å²) in [7, 11) is 0. The number of nitrogens with one attached hydrogen (secondary N) is 1. The van der Waals surface area contributed by atoms with Crippen LogP contribution in [0.15, 0.2) is 0 Å². The van der Waals surface area contributed by atoms with Gasteiger partial charge in [-0.1, -0.05) is 0 Å². The maximum Gasteiger partial charge on any atom is 0.259 e. The molecule has 0 bridgehead atoms. The number of rotatable bonds is 3. The maximum atomic E-state index is 8.19. The van der Waals surface area contributed by atoms with Crippen LogP contribution in [-0.2, 0) is 0 Å². The average Bonchev–Trinajstić information content (AvgIpc) is 1.68. The quantitative estimate of drug-likeness (QED) is 0.344. The fraction of sp³-hybridized carbons (Fsp3) is 1.00. The molecule has 6 heteroatoms. The second-order valence-electron chi connectivity index (χ2n) is 0.752. The monoisotopic (exact) mass is 248 g/mol. The van der Waals surface area contributed by atoms with E-state index < -0.39 is 5.59 Å². The van der Waals surface area contributed by atoms with Gasteiger partial charge in [-0.25, -0.2) is 11.6 Å². The maximum absolute atomic E-state index is 8.19. The van der Waals surface area contributed by atoms with Gasteiger partial charge in [-0.05, 0) is 28.3 Å². The first-order chi connectivity index (χ1) is 3.31. The highest BCUT2D eigenvalue weighted by molar-refractivity contribution is 14.2. The van der Waals surface area contributed by atoms with E-state index >= 15 is 0 Å². The molecule has 41 valence electrons. The second kappa shape index (κ2) is 5.63. The van der Waals surface area contributed by atoms with Crippen LogP contribution < -0.4 is 5.25 Å². The lowest BCUT2D eigenvalue weighted by Gasteiger charge is -1.99. The smallest absolute Gasteiger partial charge is 0.259 e.